The average Bonchev–Trinajstić information content (AvgIpc) is 3.21. The number of carbonyl (C=O) groups is 4. The van der Waals surface area contributed by atoms with Crippen LogP contribution in [-0.4, -0.2) is 106 Å². The van der Waals surface area contributed by atoms with E-state index in [0.29, 0.717) is 12.8 Å². The van der Waals surface area contributed by atoms with Crippen molar-refractivity contribution in [3.8, 4) is 0 Å². The van der Waals surface area contributed by atoms with Crippen LogP contribution in [0.3, 0.4) is 0 Å². The molecular formula is C45H78N4O9. The van der Waals surface area contributed by atoms with Crippen LogP contribution in [-0.2, 0) is 30.5 Å². The third-order valence-electron chi connectivity index (χ3n) is 11.2. The smallest absolute Gasteiger partial charge is 0.410 e. The second-order valence-electron chi connectivity index (χ2n) is 16.2. The molecular weight excluding hydrogens is 741 g/mol. The van der Waals surface area contributed by atoms with Crippen molar-refractivity contribution < 1.29 is 44.0 Å². The van der Waals surface area contributed by atoms with Crippen molar-refractivity contribution in [3.63, 3.8) is 0 Å². The van der Waals surface area contributed by atoms with Crippen molar-refractivity contribution in [2.24, 2.45) is 11.7 Å². The van der Waals surface area contributed by atoms with Gasteiger partial charge in [-0.1, -0.05) is 166 Å². The van der Waals surface area contributed by atoms with Crippen molar-refractivity contribution in [2.45, 2.75) is 186 Å². The Kier molecular flexibility index (Phi) is 26.4. The van der Waals surface area contributed by atoms with E-state index in [-0.39, 0.29) is 25.5 Å². The molecule has 2 rings (SSSR count). The lowest BCUT2D eigenvalue weighted by Crippen LogP contribution is -2.75. The number of likely N-dealkylation sites (N-methyl/N-ethyl adjacent to an activating group) is 1. The molecule has 58 heavy (non-hydrogen) atoms. The zero-order valence-corrected chi connectivity index (χ0v) is 36.1. The van der Waals surface area contributed by atoms with E-state index in [0.717, 1.165) is 61.8 Å². The predicted octanol–water partition coefficient (Wildman–Crippen LogP) is 6.73. The fraction of sp³-hybridized carbons (Fsp3) is 0.778. The summed E-state index contributed by atoms with van der Waals surface area (Å²) in [6, 6.07) is 9.08. The summed E-state index contributed by atoms with van der Waals surface area (Å²) in [5.41, 5.74) is 7.70. The van der Waals surface area contributed by atoms with Crippen LogP contribution in [0.15, 0.2) is 30.3 Å². The molecule has 1 aliphatic rings. The number of nitrogens with one attached hydrogen (secondary N) is 1. The van der Waals surface area contributed by atoms with Gasteiger partial charge in [0.2, 0.25) is 17.7 Å². The van der Waals surface area contributed by atoms with E-state index < -0.39 is 67.6 Å². The molecule has 3 amide bonds. The van der Waals surface area contributed by atoms with E-state index in [2.05, 4.69) is 19.2 Å². The first-order valence-corrected chi connectivity index (χ1v) is 22.4. The normalized spacial score (nSPS) is 20.4. The van der Waals surface area contributed by atoms with Gasteiger partial charge >= 0.3 is 6.09 Å². The van der Waals surface area contributed by atoms with Gasteiger partial charge in [0.05, 0.1) is 19.3 Å². The number of hydrogen-bond acceptors (Lipinski definition) is 10. The van der Waals surface area contributed by atoms with Gasteiger partial charge < -0.3 is 39.9 Å². The molecule has 13 nitrogen and oxygen atoms in total. The number of aliphatic hydroxyl groups excluding tert-OH is 3. The van der Waals surface area contributed by atoms with Gasteiger partial charge in [-0.2, -0.15) is 0 Å². The maximum Gasteiger partial charge on any atom is 0.410 e. The van der Waals surface area contributed by atoms with Crippen molar-refractivity contribution >= 4 is 23.7 Å². The van der Waals surface area contributed by atoms with Crippen molar-refractivity contribution in [3.05, 3.63) is 35.9 Å². The van der Waals surface area contributed by atoms with Crippen LogP contribution in [0.5, 0.6) is 0 Å². The Morgan fingerprint density at radius 1 is 0.759 bits per heavy atom. The summed E-state index contributed by atoms with van der Waals surface area (Å²) < 4.78 is 11.3. The van der Waals surface area contributed by atoms with Gasteiger partial charge in [0.15, 0.2) is 5.78 Å². The Morgan fingerprint density at radius 3 is 1.78 bits per heavy atom. The molecule has 1 aliphatic heterocycles. The fourth-order valence-corrected chi connectivity index (χ4v) is 7.63. The highest BCUT2D eigenvalue weighted by Crippen LogP contribution is 2.36. The molecule has 332 valence electrons. The number of ketones is 1. The average molecular weight is 819 g/mol. The molecule has 0 bridgehead atoms. The third kappa shape index (κ3) is 18.9. The number of hydrogen-bond donors (Lipinski definition) is 5. The number of nitrogens with two attached hydrogens (primary N) is 1. The largest absolute Gasteiger partial charge is 0.445 e. The van der Waals surface area contributed by atoms with Crippen LogP contribution in [0, 0.1) is 5.92 Å². The quantitative estimate of drug-likeness (QED) is 0.0385. The van der Waals surface area contributed by atoms with E-state index in [1.165, 1.54) is 82.6 Å². The highest BCUT2D eigenvalue weighted by molar-refractivity contribution is 5.90. The molecule has 0 unspecified atom stereocenters. The minimum atomic E-state index is -2.21. The van der Waals surface area contributed by atoms with Crippen LogP contribution < -0.4 is 11.1 Å². The zero-order chi connectivity index (χ0) is 42.6. The molecule has 1 saturated heterocycles. The minimum Gasteiger partial charge on any atom is -0.445 e. The van der Waals surface area contributed by atoms with Gasteiger partial charge in [-0.15, -0.1) is 0 Å². The standard InChI is InChI=1S/C45H78N4O9/c1-4-6-8-10-12-14-15-16-18-20-22-27-31-49(40(53)30-26-21-19-17-13-11-9-7-5-2)45(46)41(43(55)42(54)38(34-50)58-45)37(51)32-47-39(52)33-48(3)44(56)57-35-36-28-24-23-25-29-36/h23-25,28-29,38,41-43,50,54-55H,4-22,26-27,30-35,46H2,1-3H3,(H,47,52)/t38-,41-,42-,43-,45+/m1/s1. The van der Waals surface area contributed by atoms with Crippen LogP contribution in [0.1, 0.15) is 161 Å². The summed E-state index contributed by atoms with van der Waals surface area (Å²) in [7, 11) is 1.39. The topological polar surface area (TPSA) is 192 Å². The molecule has 1 aromatic rings. The van der Waals surface area contributed by atoms with E-state index in [1.54, 1.807) is 12.1 Å². The lowest BCUT2D eigenvalue weighted by atomic mass is 9.82. The molecule has 0 aliphatic carbocycles. The zero-order valence-electron chi connectivity index (χ0n) is 36.1. The second kappa shape index (κ2) is 30.0. The van der Waals surface area contributed by atoms with Gasteiger partial charge in [0, 0.05) is 20.0 Å². The van der Waals surface area contributed by atoms with Gasteiger partial charge in [-0.25, -0.2) is 4.79 Å². The molecule has 13 heteroatoms. The molecule has 5 atom stereocenters. The van der Waals surface area contributed by atoms with Crippen molar-refractivity contribution in [2.75, 3.05) is 33.3 Å². The fourth-order valence-electron chi connectivity index (χ4n) is 7.63. The van der Waals surface area contributed by atoms with E-state index >= 15 is 0 Å². The summed E-state index contributed by atoms with van der Waals surface area (Å²) in [5.74, 6) is -5.65. The van der Waals surface area contributed by atoms with Gasteiger partial charge in [0.25, 0.3) is 0 Å². The first-order chi connectivity index (χ1) is 28.0. The number of nitrogens with zero attached hydrogens (tertiary/aromatic N) is 2. The first kappa shape index (κ1) is 51.0. The lowest BCUT2D eigenvalue weighted by molar-refractivity contribution is -0.291. The van der Waals surface area contributed by atoms with Crippen molar-refractivity contribution in [1.82, 2.24) is 15.1 Å². The van der Waals surface area contributed by atoms with E-state index in [4.69, 9.17) is 15.2 Å². The molecule has 1 aromatic carbocycles. The number of aliphatic hydroxyl groups is 3. The number of amides is 3. The number of Topliss-reactive ketones (excluding diaryl/α,β-unsaturated/α-hetero) is 1. The Balaban J connectivity index is 2.09. The summed E-state index contributed by atoms with van der Waals surface area (Å²) in [4.78, 5) is 55.7. The molecule has 6 N–H and O–H groups in total. The summed E-state index contributed by atoms with van der Waals surface area (Å²) in [6.45, 7) is 2.84. The van der Waals surface area contributed by atoms with E-state index in [1.807, 2.05) is 18.2 Å². The Bertz CT molecular complexity index is 1290. The van der Waals surface area contributed by atoms with Crippen molar-refractivity contribution in [1.29, 1.82) is 0 Å². The lowest BCUT2D eigenvalue weighted by Gasteiger charge is -2.52. The van der Waals surface area contributed by atoms with Crippen LogP contribution in [0.2, 0.25) is 0 Å². The molecule has 1 heterocycles. The maximum atomic E-state index is 14.1. The Labute approximate surface area is 348 Å². The van der Waals surface area contributed by atoms with Crippen LogP contribution >= 0.6 is 0 Å². The summed E-state index contributed by atoms with van der Waals surface area (Å²) >= 11 is 0. The van der Waals surface area contributed by atoms with Crippen LogP contribution in [0.4, 0.5) is 4.79 Å². The third-order valence-corrected chi connectivity index (χ3v) is 11.2. The molecule has 0 spiro atoms. The van der Waals surface area contributed by atoms with Gasteiger partial charge in [-0.05, 0) is 18.4 Å². The molecule has 0 saturated carbocycles. The SMILES string of the molecule is CCCCCCCCCCCCCCN(C(=O)CCCCCCCCCCC)[C@]1(N)O[C@H](CO)[C@@H](O)[C@H](O)[C@H]1C(=O)CNC(=O)CN(C)C(=O)OCc1ccccc1. The summed E-state index contributed by atoms with van der Waals surface area (Å²) in [6.07, 6.45) is 17.6. The molecule has 0 aromatic heterocycles. The minimum absolute atomic E-state index is 0.0209. The number of rotatable bonds is 32. The highest BCUT2D eigenvalue weighted by atomic mass is 16.6. The summed E-state index contributed by atoms with van der Waals surface area (Å²) in [5, 5.41) is 34.8. The van der Waals surface area contributed by atoms with E-state index in [9.17, 15) is 34.5 Å². The number of unbranched alkanes of at least 4 members (excludes halogenated alkanes) is 19. The predicted molar refractivity (Wildman–Crippen MR) is 226 cm³/mol. The molecule has 0 radical (unpaired) electrons. The Hall–Kier alpha value is -3.10. The molecule has 1 fully saturated rings. The first-order valence-electron chi connectivity index (χ1n) is 22.4. The van der Waals surface area contributed by atoms with Gasteiger partial charge in [0.1, 0.15) is 31.3 Å². The number of ether oxygens (including phenoxy) is 2. The monoisotopic (exact) mass is 819 g/mol. The second-order valence-corrected chi connectivity index (χ2v) is 16.2. The number of benzene rings is 1. The van der Waals surface area contributed by atoms with Gasteiger partial charge in [-0.3, -0.25) is 20.1 Å². The Morgan fingerprint density at radius 2 is 1.26 bits per heavy atom. The van der Waals surface area contributed by atoms with Crippen LogP contribution in [0.25, 0.3) is 0 Å². The highest BCUT2D eigenvalue weighted by Gasteiger charge is 2.58. The number of carbonyl (C=O) groups excluding carboxylic acids is 4. The maximum absolute atomic E-state index is 14.1.